The van der Waals surface area contributed by atoms with E-state index in [9.17, 15) is 4.79 Å². The highest BCUT2D eigenvalue weighted by Gasteiger charge is 2.63. The SMILES string of the molecule is Cc1nn(C(=O)/C=C/c2cccc3[nH]ccc23)c2c1[C@H]1[C@@H](C2)C1(C)C. The Morgan fingerprint density at radius 3 is 3.04 bits per heavy atom. The second-order valence-electron chi connectivity index (χ2n) is 7.92. The van der Waals surface area contributed by atoms with E-state index in [1.165, 1.54) is 5.56 Å². The lowest BCUT2D eigenvalue weighted by Gasteiger charge is -2.09. The lowest BCUT2D eigenvalue weighted by molar-refractivity contribution is 0.0951. The maximum atomic E-state index is 12.8. The van der Waals surface area contributed by atoms with E-state index in [1.807, 2.05) is 43.5 Å². The van der Waals surface area contributed by atoms with E-state index >= 15 is 0 Å². The van der Waals surface area contributed by atoms with E-state index < -0.39 is 0 Å². The van der Waals surface area contributed by atoms with Crippen molar-refractivity contribution < 1.29 is 4.79 Å². The zero-order valence-electron chi connectivity index (χ0n) is 14.7. The maximum Gasteiger partial charge on any atom is 0.271 e. The van der Waals surface area contributed by atoms with E-state index in [1.54, 1.807) is 10.8 Å². The average Bonchev–Trinajstić information content (AvgIpc) is 3.09. The molecular formula is C21H21N3O. The molecule has 2 atom stereocenters. The van der Waals surface area contributed by atoms with Crippen molar-refractivity contribution in [1.29, 1.82) is 0 Å². The molecule has 0 bridgehead atoms. The van der Waals surface area contributed by atoms with E-state index in [4.69, 9.17) is 0 Å². The van der Waals surface area contributed by atoms with E-state index in [-0.39, 0.29) is 5.91 Å². The molecule has 0 amide bonds. The van der Waals surface area contributed by atoms with Gasteiger partial charge < -0.3 is 4.98 Å². The van der Waals surface area contributed by atoms with Gasteiger partial charge in [0.15, 0.2) is 0 Å². The summed E-state index contributed by atoms with van der Waals surface area (Å²) in [6.45, 7) is 6.67. The number of nitrogens with one attached hydrogen (secondary N) is 1. The summed E-state index contributed by atoms with van der Waals surface area (Å²) < 4.78 is 1.63. The fourth-order valence-corrected chi connectivity index (χ4v) is 4.76. The number of benzene rings is 1. The lowest BCUT2D eigenvalue weighted by atomic mass is 9.98. The van der Waals surface area contributed by atoms with E-state index in [0.717, 1.165) is 34.3 Å². The first-order valence-corrected chi connectivity index (χ1v) is 8.85. The smallest absolute Gasteiger partial charge is 0.271 e. The molecule has 1 saturated carbocycles. The summed E-state index contributed by atoms with van der Waals surface area (Å²) >= 11 is 0. The van der Waals surface area contributed by atoms with Gasteiger partial charge in [-0.05, 0) is 54.4 Å². The molecule has 1 N–H and O–H groups in total. The molecule has 0 unspecified atom stereocenters. The van der Waals surface area contributed by atoms with Crippen molar-refractivity contribution in [3.63, 3.8) is 0 Å². The van der Waals surface area contributed by atoms with Gasteiger partial charge >= 0.3 is 0 Å². The van der Waals surface area contributed by atoms with Crippen LogP contribution in [0.25, 0.3) is 17.0 Å². The number of rotatable bonds is 2. The lowest BCUT2D eigenvalue weighted by Crippen LogP contribution is -2.14. The molecule has 3 aromatic rings. The number of fused-ring (bicyclic) bond motifs is 4. The molecule has 25 heavy (non-hydrogen) atoms. The number of aromatic amines is 1. The van der Waals surface area contributed by atoms with Gasteiger partial charge in [-0.3, -0.25) is 4.79 Å². The van der Waals surface area contributed by atoms with Crippen LogP contribution < -0.4 is 0 Å². The summed E-state index contributed by atoms with van der Waals surface area (Å²) in [5, 5.41) is 5.67. The minimum absolute atomic E-state index is 0.0593. The minimum atomic E-state index is -0.0593. The van der Waals surface area contributed by atoms with Crippen molar-refractivity contribution in [2.75, 3.05) is 0 Å². The van der Waals surface area contributed by atoms with Gasteiger partial charge in [-0.25, -0.2) is 4.68 Å². The van der Waals surface area contributed by atoms with Crippen molar-refractivity contribution in [2.45, 2.75) is 33.1 Å². The molecule has 0 saturated heterocycles. The second-order valence-corrected chi connectivity index (χ2v) is 7.92. The number of hydrogen-bond donors (Lipinski definition) is 1. The Labute approximate surface area is 146 Å². The Hall–Kier alpha value is -2.62. The fraction of sp³-hybridized carbons (Fsp3) is 0.333. The Morgan fingerprint density at radius 2 is 2.20 bits per heavy atom. The number of aromatic nitrogens is 3. The first-order valence-electron chi connectivity index (χ1n) is 8.85. The van der Waals surface area contributed by atoms with Crippen LogP contribution >= 0.6 is 0 Å². The highest BCUT2D eigenvalue weighted by molar-refractivity contribution is 5.97. The van der Waals surface area contributed by atoms with Crippen LogP contribution in [0.15, 0.2) is 36.5 Å². The molecular weight excluding hydrogens is 310 g/mol. The van der Waals surface area contributed by atoms with Crippen molar-refractivity contribution in [1.82, 2.24) is 14.8 Å². The third kappa shape index (κ3) is 1.94. The Morgan fingerprint density at radius 1 is 1.36 bits per heavy atom. The highest BCUT2D eigenvalue weighted by atomic mass is 16.2. The first-order chi connectivity index (χ1) is 12.0. The summed E-state index contributed by atoms with van der Waals surface area (Å²) in [5.74, 6) is 1.20. The number of carbonyl (C=O) groups excluding carboxylic acids is 1. The third-order valence-electron chi connectivity index (χ3n) is 6.22. The number of allylic oxidation sites excluding steroid dienone is 1. The van der Waals surface area contributed by atoms with Gasteiger partial charge in [0, 0.05) is 28.7 Å². The number of aryl methyl sites for hydroxylation is 1. The molecule has 1 fully saturated rings. The van der Waals surface area contributed by atoms with E-state index in [0.29, 0.717) is 17.3 Å². The van der Waals surface area contributed by atoms with Gasteiger partial charge in [0.05, 0.1) is 11.4 Å². The highest BCUT2D eigenvalue weighted by Crippen LogP contribution is 2.70. The quantitative estimate of drug-likeness (QED) is 0.711. The number of nitrogens with zero attached hydrogens (tertiary/aromatic N) is 2. The van der Waals surface area contributed by atoms with Crippen LogP contribution in [0.3, 0.4) is 0 Å². The minimum Gasteiger partial charge on any atom is -0.361 e. The summed E-state index contributed by atoms with van der Waals surface area (Å²) in [5.41, 5.74) is 5.95. The molecule has 0 spiro atoms. The van der Waals surface area contributed by atoms with Crippen LogP contribution in [0.5, 0.6) is 0 Å². The van der Waals surface area contributed by atoms with Crippen LogP contribution in [0.2, 0.25) is 0 Å². The molecule has 5 rings (SSSR count). The molecule has 2 aliphatic rings. The largest absolute Gasteiger partial charge is 0.361 e. The molecule has 2 aromatic heterocycles. The maximum absolute atomic E-state index is 12.8. The number of carbonyl (C=O) groups is 1. The molecule has 0 radical (unpaired) electrons. The summed E-state index contributed by atoms with van der Waals surface area (Å²) in [7, 11) is 0. The normalized spacial score (nSPS) is 23.2. The fourth-order valence-electron chi connectivity index (χ4n) is 4.76. The molecule has 1 aromatic carbocycles. The Balaban J connectivity index is 1.48. The van der Waals surface area contributed by atoms with Crippen molar-refractivity contribution in [3.05, 3.63) is 59.1 Å². The van der Waals surface area contributed by atoms with Gasteiger partial charge in [-0.15, -0.1) is 0 Å². The summed E-state index contributed by atoms with van der Waals surface area (Å²) in [6, 6.07) is 8.09. The van der Waals surface area contributed by atoms with Gasteiger partial charge in [-0.2, -0.15) is 5.10 Å². The first kappa shape index (κ1) is 14.7. The molecule has 4 heteroatoms. The summed E-state index contributed by atoms with van der Waals surface area (Å²) in [4.78, 5) is 16.0. The van der Waals surface area contributed by atoms with Crippen molar-refractivity contribution in [2.24, 2.45) is 11.3 Å². The second kappa shape index (κ2) is 4.72. The predicted octanol–water partition coefficient (Wildman–Crippen LogP) is 4.32. The molecule has 2 aliphatic carbocycles. The zero-order valence-corrected chi connectivity index (χ0v) is 14.7. The van der Waals surface area contributed by atoms with Crippen LogP contribution in [0.1, 0.15) is 47.1 Å². The molecule has 126 valence electrons. The van der Waals surface area contributed by atoms with Crippen molar-refractivity contribution >= 4 is 22.9 Å². The number of H-pyrrole nitrogens is 1. The van der Waals surface area contributed by atoms with Crippen molar-refractivity contribution in [3.8, 4) is 0 Å². The zero-order chi connectivity index (χ0) is 17.3. The summed E-state index contributed by atoms with van der Waals surface area (Å²) in [6.07, 6.45) is 6.42. The Kier molecular flexibility index (Phi) is 2.77. The Bertz CT molecular complexity index is 1050. The molecule has 2 heterocycles. The van der Waals surface area contributed by atoms with E-state index in [2.05, 4.69) is 23.9 Å². The van der Waals surface area contributed by atoms with Crippen LogP contribution in [-0.2, 0) is 6.42 Å². The molecule has 4 nitrogen and oxygen atoms in total. The third-order valence-corrected chi connectivity index (χ3v) is 6.22. The number of hydrogen-bond acceptors (Lipinski definition) is 2. The van der Waals surface area contributed by atoms with Crippen LogP contribution in [0, 0.1) is 18.3 Å². The molecule has 0 aliphatic heterocycles. The van der Waals surface area contributed by atoms with Gasteiger partial charge in [0.2, 0.25) is 0 Å². The van der Waals surface area contributed by atoms with Gasteiger partial charge in [0.1, 0.15) is 0 Å². The monoisotopic (exact) mass is 331 g/mol. The van der Waals surface area contributed by atoms with Gasteiger partial charge in [0.25, 0.3) is 5.91 Å². The standard InChI is InChI=1S/C21H21N3O/c1-12-19-17(11-15-20(19)21(15,2)3)24(23-12)18(25)8-7-13-5-4-6-16-14(13)9-10-22-16/h4-10,15,20,22H,11H2,1-3H3/b8-7+/t15-,20-/m1/s1. The van der Waals surface area contributed by atoms with Crippen LogP contribution in [0.4, 0.5) is 0 Å². The van der Waals surface area contributed by atoms with Crippen LogP contribution in [-0.4, -0.2) is 20.7 Å². The van der Waals surface area contributed by atoms with Gasteiger partial charge in [-0.1, -0.05) is 26.0 Å². The predicted molar refractivity (Wildman–Crippen MR) is 98.6 cm³/mol. The topological polar surface area (TPSA) is 50.7 Å². The average molecular weight is 331 g/mol.